The molecule has 27 heavy (non-hydrogen) atoms. The molecular weight excluding hydrogens is 344 g/mol. The molecule has 4 rings (SSSR count). The van der Waals surface area contributed by atoms with Gasteiger partial charge in [-0.2, -0.15) is 0 Å². The average Bonchev–Trinajstić information content (AvgIpc) is 3.12. The molecule has 3 aromatic rings. The number of nitrogens with one attached hydrogen (secondary N) is 3. The van der Waals surface area contributed by atoms with Gasteiger partial charge in [0.25, 0.3) is 11.8 Å². The Morgan fingerprint density at radius 3 is 2.63 bits per heavy atom. The molecule has 1 unspecified atom stereocenters. The lowest BCUT2D eigenvalue weighted by atomic mass is 9.92. The lowest BCUT2D eigenvalue weighted by Gasteiger charge is -2.21. The van der Waals surface area contributed by atoms with Crippen LogP contribution in [0.25, 0.3) is 10.9 Å². The fourth-order valence-corrected chi connectivity index (χ4v) is 3.38. The molecular formula is C20H18N4O3. The van der Waals surface area contributed by atoms with Crippen molar-refractivity contribution >= 4 is 34.4 Å². The number of fused-ring (bicyclic) bond motifs is 1. The van der Waals surface area contributed by atoms with Gasteiger partial charge in [0.1, 0.15) is 5.54 Å². The predicted octanol–water partition coefficient (Wildman–Crippen LogP) is 2.49. The second kappa shape index (κ2) is 5.98. The second-order valence-electron chi connectivity index (χ2n) is 6.74. The number of nitrogens with zero attached hydrogens (tertiary/aromatic N) is 1. The molecule has 7 heteroatoms. The smallest absolute Gasteiger partial charge is 0.322 e. The highest BCUT2D eigenvalue weighted by Crippen LogP contribution is 2.27. The fourth-order valence-electron chi connectivity index (χ4n) is 3.38. The van der Waals surface area contributed by atoms with E-state index in [4.69, 9.17) is 0 Å². The number of amides is 4. The van der Waals surface area contributed by atoms with Crippen LogP contribution in [0.4, 0.5) is 10.5 Å². The van der Waals surface area contributed by atoms with Crippen LogP contribution in [-0.4, -0.2) is 22.4 Å². The van der Waals surface area contributed by atoms with Gasteiger partial charge in [-0.15, -0.1) is 0 Å². The van der Waals surface area contributed by atoms with Gasteiger partial charge in [-0.1, -0.05) is 30.3 Å². The van der Waals surface area contributed by atoms with Crippen LogP contribution < -0.4 is 16.0 Å². The van der Waals surface area contributed by atoms with Crippen LogP contribution in [0.3, 0.4) is 0 Å². The first-order valence-corrected chi connectivity index (χ1v) is 8.48. The zero-order valence-electron chi connectivity index (χ0n) is 14.9. The van der Waals surface area contributed by atoms with Crippen molar-refractivity contribution in [3.8, 4) is 0 Å². The first-order valence-electron chi connectivity index (χ1n) is 8.48. The number of anilines is 1. The van der Waals surface area contributed by atoms with Crippen molar-refractivity contribution in [1.29, 1.82) is 0 Å². The van der Waals surface area contributed by atoms with Gasteiger partial charge in [0, 0.05) is 29.8 Å². The van der Waals surface area contributed by atoms with Crippen molar-refractivity contribution in [3.05, 3.63) is 65.9 Å². The minimum Gasteiger partial charge on any atom is -0.350 e. The number of rotatable bonds is 3. The van der Waals surface area contributed by atoms with Gasteiger partial charge in [-0.05, 0) is 30.7 Å². The molecule has 0 spiro atoms. The molecule has 0 saturated carbocycles. The van der Waals surface area contributed by atoms with E-state index in [0.29, 0.717) is 16.8 Å². The third-order valence-electron chi connectivity index (χ3n) is 4.88. The largest absolute Gasteiger partial charge is 0.350 e. The summed E-state index contributed by atoms with van der Waals surface area (Å²) < 4.78 is 1.90. The molecule has 2 aromatic carbocycles. The number of aryl methyl sites for hydroxylation is 1. The second-order valence-corrected chi connectivity index (χ2v) is 6.74. The van der Waals surface area contributed by atoms with Crippen molar-refractivity contribution in [2.24, 2.45) is 7.05 Å². The summed E-state index contributed by atoms with van der Waals surface area (Å²) in [6.07, 6.45) is 1.79. The highest BCUT2D eigenvalue weighted by atomic mass is 16.2. The van der Waals surface area contributed by atoms with Crippen molar-refractivity contribution in [3.63, 3.8) is 0 Å². The minimum atomic E-state index is -1.17. The molecule has 0 bridgehead atoms. The standard InChI is InChI=1S/C20H18N4O3/c1-20(18(26)22-19(27)23-20)12-6-5-7-13(10-12)21-17(25)15-11-24(2)16-9-4-3-8-14(15)16/h3-11H,1-2H3,(H,21,25)(H2,22,23,26,27). The van der Waals surface area contributed by atoms with Crippen LogP contribution in [0, 0.1) is 0 Å². The molecule has 1 aromatic heterocycles. The maximum atomic E-state index is 12.8. The van der Waals surface area contributed by atoms with Crippen LogP contribution >= 0.6 is 0 Å². The van der Waals surface area contributed by atoms with E-state index in [1.807, 2.05) is 35.9 Å². The van der Waals surface area contributed by atoms with Gasteiger partial charge >= 0.3 is 6.03 Å². The molecule has 3 N–H and O–H groups in total. The molecule has 0 aliphatic carbocycles. The van der Waals surface area contributed by atoms with E-state index in [-0.39, 0.29) is 5.91 Å². The quantitative estimate of drug-likeness (QED) is 0.625. The van der Waals surface area contributed by atoms with Gasteiger partial charge in [0.2, 0.25) is 0 Å². The Kier molecular flexibility index (Phi) is 3.73. The van der Waals surface area contributed by atoms with E-state index >= 15 is 0 Å². The molecule has 1 aliphatic rings. The van der Waals surface area contributed by atoms with Crippen molar-refractivity contribution in [2.45, 2.75) is 12.5 Å². The highest BCUT2D eigenvalue weighted by Gasteiger charge is 2.43. The maximum absolute atomic E-state index is 12.8. The number of aromatic nitrogens is 1. The van der Waals surface area contributed by atoms with Crippen molar-refractivity contribution < 1.29 is 14.4 Å². The van der Waals surface area contributed by atoms with Gasteiger partial charge in [0.15, 0.2) is 0 Å². The van der Waals surface area contributed by atoms with Crippen LogP contribution in [0.1, 0.15) is 22.8 Å². The summed E-state index contributed by atoms with van der Waals surface area (Å²) >= 11 is 0. The van der Waals surface area contributed by atoms with E-state index in [1.165, 1.54) is 0 Å². The lowest BCUT2D eigenvalue weighted by molar-refractivity contribution is -0.123. The van der Waals surface area contributed by atoms with Crippen LogP contribution in [0.5, 0.6) is 0 Å². The number of hydrogen-bond donors (Lipinski definition) is 3. The van der Waals surface area contributed by atoms with Crippen molar-refractivity contribution in [1.82, 2.24) is 15.2 Å². The Hall–Kier alpha value is -3.61. The summed E-state index contributed by atoms with van der Waals surface area (Å²) in [6.45, 7) is 1.62. The van der Waals surface area contributed by atoms with E-state index in [2.05, 4.69) is 16.0 Å². The van der Waals surface area contributed by atoms with E-state index in [0.717, 1.165) is 10.9 Å². The normalized spacial score (nSPS) is 19.0. The zero-order valence-corrected chi connectivity index (χ0v) is 14.9. The zero-order chi connectivity index (χ0) is 19.2. The van der Waals surface area contributed by atoms with E-state index in [1.54, 1.807) is 37.4 Å². The number of para-hydroxylation sites is 1. The summed E-state index contributed by atoms with van der Waals surface area (Å²) in [5, 5.41) is 8.59. The van der Waals surface area contributed by atoms with Gasteiger partial charge < -0.3 is 15.2 Å². The SMILES string of the molecule is Cn1cc(C(=O)Nc2cccc(C3(C)NC(=O)NC3=O)c2)c2ccccc21. The molecule has 136 valence electrons. The Bertz CT molecular complexity index is 1100. The van der Waals surface area contributed by atoms with Crippen LogP contribution in [-0.2, 0) is 17.4 Å². The lowest BCUT2D eigenvalue weighted by Crippen LogP contribution is -2.40. The Labute approximate surface area is 155 Å². The number of imide groups is 1. The molecule has 1 atom stereocenters. The highest BCUT2D eigenvalue weighted by molar-refractivity contribution is 6.13. The number of hydrogen-bond acceptors (Lipinski definition) is 3. The number of urea groups is 1. The topological polar surface area (TPSA) is 92.2 Å². The summed E-state index contributed by atoms with van der Waals surface area (Å²) in [6, 6.07) is 14.0. The molecule has 0 radical (unpaired) electrons. The average molecular weight is 362 g/mol. The summed E-state index contributed by atoms with van der Waals surface area (Å²) in [5.74, 6) is -0.668. The maximum Gasteiger partial charge on any atom is 0.322 e. The molecule has 1 aliphatic heterocycles. The minimum absolute atomic E-state index is 0.242. The van der Waals surface area contributed by atoms with Gasteiger partial charge in [-0.25, -0.2) is 4.79 Å². The molecule has 7 nitrogen and oxygen atoms in total. The number of carbonyl (C=O) groups is 3. The third-order valence-corrected chi connectivity index (χ3v) is 4.88. The molecule has 1 fully saturated rings. The molecule has 4 amide bonds. The predicted molar refractivity (Wildman–Crippen MR) is 101 cm³/mol. The van der Waals surface area contributed by atoms with E-state index in [9.17, 15) is 14.4 Å². The third kappa shape index (κ3) is 2.73. The Morgan fingerprint density at radius 1 is 1.11 bits per heavy atom. The molecule has 2 heterocycles. The number of benzene rings is 2. The van der Waals surface area contributed by atoms with Gasteiger partial charge in [-0.3, -0.25) is 14.9 Å². The summed E-state index contributed by atoms with van der Waals surface area (Å²) in [7, 11) is 1.89. The Morgan fingerprint density at radius 2 is 1.89 bits per heavy atom. The Balaban J connectivity index is 1.64. The van der Waals surface area contributed by atoms with Crippen LogP contribution in [0.15, 0.2) is 54.7 Å². The molecule has 1 saturated heterocycles. The van der Waals surface area contributed by atoms with Crippen LogP contribution in [0.2, 0.25) is 0 Å². The first kappa shape index (κ1) is 16.8. The van der Waals surface area contributed by atoms with Gasteiger partial charge in [0.05, 0.1) is 5.56 Å². The van der Waals surface area contributed by atoms with Crippen molar-refractivity contribution in [2.75, 3.05) is 5.32 Å². The fraction of sp³-hybridized carbons (Fsp3) is 0.150. The first-order chi connectivity index (χ1) is 12.9. The van der Waals surface area contributed by atoms with E-state index < -0.39 is 17.5 Å². The summed E-state index contributed by atoms with van der Waals surface area (Å²) in [5.41, 5.74) is 1.49. The monoisotopic (exact) mass is 362 g/mol. The number of carbonyl (C=O) groups excluding carboxylic acids is 3. The summed E-state index contributed by atoms with van der Waals surface area (Å²) in [4.78, 5) is 36.4.